The lowest BCUT2D eigenvalue weighted by Crippen LogP contribution is -1.93. The molecule has 2 N–H and O–H groups in total. The van der Waals surface area contributed by atoms with E-state index in [1.807, 2.05) is 0 Å². The molecule has 0 aliphatic rings. The number of thiazole rings is 1. The van der Waals surface area contributed by atoms with Crippen molar-refractivity contribution in [1.29, 1.82) is 0 Å². The zero-order chi connectivity index (χ0) is 13.2. The van der Waals surface area contributed by atoms with Crippen LogP contribution < -0.4 is 0 Å². The molecule has 1 heterocycles. The van der Waals surface area contributed by atoms with Crippen LogP contribution in [0.5, 0.6) is 0 Å². The maximum absolute atomic E-state index is 10.3. The van der Waals surface area contributed by atoms with Crippen LogP contribution in [0, 0.1) is 3.95 Å². The van der Waals surface area contributed by atoms with Crippen LogP contribution in [-0.4, -0.2) is 16.1 Å². The van der Waals surface area contributed by atoms with Crippen LogP contribution in [0.4, 0.5) is 0 Å². The van der Waals surface area contributed by atoms with Gasteiger partial charge in [-0.1, -0.05) is 32.1 Å². The Balaban J connectivity index is 1.87. The molecule has 5 heteroatoms. The molecule has 0 unspecified atom stereocenters. The van der Waals surface area contributed by atoms with Crippen LogP contribution in [0.3, 0.4) is 0 Å². The van der Waals surface area contributed by atoms with Gasteiger partial charge in [-0.25, -0.2) is 0 Å². The number of hydrogen-bond donors (Lipinski definition) is 2. The smallest absolute Gasteiger partial charge is 0.303 e. The summed E-state index contributed by atoms with van der Waals surface area (Å²) in [5.74, 6) is -0.678. The van der Waals surface area contributed by atoms with Crippen molar-refractivity contribution >= 4 is 29.5 Å². The number of unbranched alkanes of at least 4 members (excludes halogenated alkanes) is 6. The Morgan fingerprint density at radius 2 is 1.78 bits per heavy atom. The van der Waals surface area contributed by atoms with E-state index in [0.717, 1.165) is 29.6 Å². The van der Waals surface area contributed by atoms with Crippen LogP contribution in [0.25, 0.3) is 0 Å². The first-order valence-electron chi connectivity index (χ1n) is 6.57. The number of rotatable bonds is 10. The molecule has 0 aromatic carbocycles. The Hall–Kier alpha value is -0.680. The van der Waals surface area contributed by atoms with E-state index in [1.54, 1.807) is 11.3 Å². The summed E-state index contributed by atoms with van der Waals surface area (Å²) in [6.45, 7) is 0. The van der Waals surface area contributed by atoms with Crippen molar-refractivity contribution in [2.24, 2.45) is 0 Å². The predicted molar refractivity (Wildman–Crippen MR) is 77.8 cm³/mol. The summed E-state index contributed by atoms with van der Waals surface area (Å²) in [4.78, 5) is 13.5. The molecule has 3 nitrogen and oxygen atoms in total. The lowest BCUT2D eigenvalue weighted by atomic mass is 10.1. The highest BCUT2D eigenvalue weighted by Crippen LogP contribution is 2.12. The van der Waals surface area contributed by atoms with Crippen molar-refractivity contribution in [3.63, 3.8) is 0 Å². The molecule has 1 aromatic heterocycles. The third kappa shape index (κ3) is 7.61. The summed E-state index contributed by atoms with van der Waals surface area (Å²) in [7, 11) is 0. The van der Waals surface area contributed by atoms with E-state index in [-0.39, 0.29) is 0 Å². The van der Waals surface area contributed by atoms with Gasteiger partial charge in [-0.15, -0.1) is 11.3 Å². The first-order chi connectivity index (χ1) is 8.68. The molecule has 18 heavy (non-hydrogen) atoms. The minimum absolute atomic E-state index is 0.317. The normalized spacial score (nSPS) is 10.7. The van der Waals surface area contributed by atoms with Gasteiger partial charge in [0.25, 0.3) is 0 Å². The van der Waals surface area contributed by atoms with Crippen molar-refractivity contribution in [3.05, 3.63) is 15.0 Å². The monoisotopic (exact) mass is 287 g/mol. The Labute approximate surface area is 117 Å². The minimum Gasteiger partial charge on any atom is -0.481 e. The summed E-state index contributed by atoms with van der Waals surface area (Å²) in [6, 6.07) is 0. The van der Waals surface area contributed by atoms with E-state index >= 15 is 0 Å². The van der Waals surface area contributed by atoms with Gasteiger partial charge >= 0.3 is 5.97 Å². The number of H-pyrrole nitrogens is 1. The Morgan fingerprint density at radius 3 is 2.33 bits per heavy atom. The van der Waals surface area contributed by atoms with Crippen LogP contribution in [0.1, 0.15) is 57.1 Å². The molecule has 0 fully saturated rings. The maximum atomic E-state index is 10.3. The van der Waals surface area contributed by atoms with Crippen LogP contribution >= 0.6 is 23.6 Å². The largest absolute Gasteiger partial charge is 0.481 e. The average Bonchev–Trinajstić information content (AvgIpc) is 2.72. The molecular weight excluding hydrogens is 266 g/mol. The SMILES string of the molecule is O=C(O)CCCCCCCCCc1csc(=S)[nH]1. The van der Waals surface area contributed by atoms with E-state index in [1.165, 1.54) is 31.4 Å². The predicted octanol–water partition coefficient (Wildman–Crippen LogP) is 4.55. The number of carboxylic acid groups (broad SMARTS) is 1. The van der Waals surface area contributed by atoms with Gasteiger partial charge in [-0.05, 0) is 31.5 Å². The van der Waals surface area contributed by atoms with Crippen molar-refractivity contribution in [1.82, 2.24) is 4.98 Å². The first kappa shape index (κ1) is 15.4. The Bertz CT molecular complexity index is 398. The van der Waals surface area contributed by atoms with Crippen molar-refractivity contribution in [3.8, 4) is 0 Å². The van der Waals surface area contributed by atoms with E-state index in [2.05, 4.69) is 10.4 Å². The molecule has 0 amide bonds. The van der Waals surface area contributed by atoms with Gasteiger partial charge in [0.1, 0.15) is 0 Å². The molecular formula is C13H21NO2S2. The van der Waals surface area contributed by atoms with Crippen LogP contribution in [0.2, 0.25) is 0 Å². The van der Waals surface area contributed by atoms with Gasteiger partial charge in [-0.2, -0.15) is 0 Å². The van der Waals surface area contributed by atoms with Gasteiger partial charge in [0.2, 0.25) is 0 Å². The van der Waals surface area contributed by atoms with E-state index in [0.29, 0.717) is 6.42 Å². The molecule has 0 radical (unpaired) electrons. The second kappa shape index (κ2) is 9.28. The lowest BCUT2D eigenvalue weighted by Gasteiger charge is -2.01. The van der Waals surface area contributed by atoms with Crippen molar-refractivity contribution in [2.75, 3.05) is 0 Å². The van der Waals surface area contributed by atoms with Crippen LogP contribution in [0.15, 0.2) is 5.38 Å². The molecule has 0 aliphatic heterocycles. The highest BCUT2D eigenvalue weighted by atomic mass is 32.1. The molecule has 1 rings (SSSR count). The fraction of sp³-hybridized carbons (Fsp3) is 0.692. The quantitative estimate of drug-likeness (QED) is 0.490. The minimum atomic E-state index is -0.678. The number of aromatic nitrogens is 1. The highest BCUT2D eigenvalue weighted by Gasteiger charge is 1.97. The second-order valence-corrected chi connectivity index (χ2v) is 6.09. The van der Waals surface area contributed by atoms with Crippen molar-refractivity contribution in [2.45, 2.75) is 57.8 Å². The standard InChI is InChI=1S/C13H21NO2S2/c15-12(16)9-7-5-3-1-2-4-6-8-11-10-18-13(17)14-11/h10H,1-9H2,(H,14,17)(H,15,16). The molecule has 0 bridgehead atoms. The number of carbonyl (C=O) groups is 1. The molecule has 102 valence electrons. The number of carboxylic acids is 1. The lowest BCUT2D eigenvalue weighted by molar-refractivity contribution is -0.137. The zero-order valence-corrected chi connectivity index (χ0v) is 12.2. The van der Waals surface area contributed by atoms with Crippen LogP contribution in [-0.2, 0) is 11.2 Å². The summed E-state index contributed by atoms with van der Waals surface area (Å²) < 4.78 is 0.864. The molecule has 0 saturated heterocycles. The summed E-state index contributed by atoms with van der Waals surface area (Å²) >= 11 is 6.63. The molecule has 0 atom stereocenters. The zero-order valence-electron chi connectivity index (χ0n) is 10.6. The third-order valence-corrected chi connectivity index (χ3v) is 4.02. The number of aliphatic carboxylic acids is 1. The van der Waals surface area contributed by atoms with Gasteiger partial charge < -0.3 is 10.1 Å². The Morgan fingerprint density at radius 1 is 1.17 bits per heavy atom. The first-order valence-corrected chi connectivity index (χ1v) is 7.86. The maximum Gasteiger partial charge on any atom is 0.303 e. The van der Waals surface area contributed by atoms with Gasteiger partial charge in [-0.3, -0.25) is 4.79 Å². The number of hydrogen-bond acceptors (Lipinski definition) is 3. The molecule has 0 aliphatic carbocycles. The number of nitrogens with one attached hydrogen (secondary N) is 1. The topological polar surface area (TPSA) is 53.1 Å². The van der Waals surface area contributed by atoms with E-state index < -0.39 is 5.97 Å². The average molecular weight is 287 g/mol. The van der Waals surface area contributed by atoms with Gasteiger partial charge in [0, 0.05) is 17.5 Å². The van der Waals surface area contributed by atoms with E-state index in [4.69, 9.17) is 17.3 Å². The fourth-order valence-corrected chi connectivity index (χ4v) is 2.80. The number of aryl methyl sites for hydroxylation is 1. The summed E-state index contributed by atoms with van der Waals surface area (Å²) in [5.41, 5.74) is 1.26. The highest BCUT2D eigenvalue weighted by molar-refractivity contribution is 7.73. The second-order valence-electron chi connectivity index (χ2n) is 4.54. The number of aromatic amines is 1. The van der Waals surface area contributed by atoms with Gasteiger partial charge in [0.15, 0.2) is 3.95 Å². The van der Waals surface area contributed by atoms with E-state index in [9.17, 15) is 4.79 Å². The molecule has 1 aromatic rings. The Kier molecular flexibility index (Phi) is 7.93. The fourth-order valence-electron chi connectivity index (χ4n) is 1.91. The molecule has 0 spiro atoms. The van der Waals surface area contributed by atoms with Gasteiger partial charge in [0.05, 0.1) is 0 Å². The van der Waals surface area contributed by atoms with Crippen molar-refractivity contribution < 1.29 is 9.90 Å². The summed E-state index contributed by atoms with van der Waals surface area (Å²) in [6.07, 6.45) is 9.35. The molecule has 0 saturated carbocycles. The summed E-state index contributed by atoms with van der Waals surface area (Å²) in [5, 5.41) is 10.6. The third-order valence-electron chi connectivity index (χ3n) is 2.91.